The SMILES string of the molecule is Cc1cc(Cl)ccc1-c1[nH]nc(N)c1F. The summed E-state index contributed by atoms with van der Waals surface area (Å²) in [6, 6.07) is 5.18. The minimum Gasteiger partial charge on any atom is -0.380 e. The van der Waals surface area contributed by atoms with Crippen molar-refractivity contribution in [3.63, 3.8) is 0 Å². The number of nitrogen functional groups attached to an aromatic ring is 1. The Morgan fingerprint density at radius 3 is 2.73 bits per heavy atom. The zero-order valence-electron chi connectivity index (χ0n) is 8.01. The van der Waals surface area contributed by atoms with Crippen molar-refractivity contribution < 1.29 is 4.39 Å². The molecule has 5 heteroatoms. The molecule has 0 radical (unpaired) electrons. The lowest BCUT2D eigenvalue weighted by molar-refractivity contribution is 0.636. The zero-order chi connectivity index (χ0) is 11.0. The van der Waals surface area contributed by atoms with E-state index in [-0.39, 0.29) is 5.82 Å². The lowest BCUT2D eigenvalue weighted by atomic mass is 10.1. The number of hydrogen-bond acceptors (Lipinski definition) is 2. The van der Waals surface area contributed by atoms with E-state index in [1.165, 1.54) is 0 Å². The molecule has 0 aliphatic carbocycles. The van der Waals surface area contributed by atoms with Crippen LogP contribution in [0.3, 0.4) is 0 Å². The second kappa shape index (κ2) is 3.55. The van der Waals surface area contributed by atoms with Crippen LogP contribution in [0.25, 0.3) is 11.3 Å². The summed E-state index contributed by atoms with van der Waals surface area (Å²) in [6.07, 6.45) is 0. The van der Waals surface area contributed by atoms with Gasteiger partial charge in [-0.15, -0.1) is 0 Å². The third-order valence-electron chi connectivity index (χ3n) is 2.19. The normalized spacial score (nSPS) is 10.6. The number of benzene rings is 1. The van der Waals surface area contributed by atoms with Crippen molar-refractivity contribution in [2.75, 3.05) is 5.73 Å². The summed E-state index contributed by atoms with van der Waals surface area (Å²) in [4.78, 5) is 0. The minimum atomic E-state index is -0.527. The van der Waals surface area contributed by atoms with E-state index in [4.69, 9.17) is 17.3 Å². The van der Waals surface area contributed by atoms with Gasteiger partial charge in [0.05, 0.1) is 0 Å². The Labute approximate surface area is 91.1 Å². The predicted octanol–water partition coefficient (Wildman–Crippen LogP) is 2.76. The van der Waals surface area contributed by atoms with Crippen LogP contribution in [0.1, 0.15) is 5.56 Å². The van der Waals surface area contributed by atoms with Crippen molar-refractivity contribution in [1.82, 2.24) is 10.2 Å². The van der Waals surface area contributed by atoms with E-state index in [1.807, 2.05) is 6.92 Å². The molecule has 1 heterocycles. The summed E-state index contributed by atoms with van der Waals surface area (Å²) in [5, 5.41) is 6.77. The highest BCUT2D eigenvalue weighted by Crippen LogP contribution is 2.28. The minimum absolute atomic E-state index is 0.126. The van der Waals surface area contributed by atoms with E-state index < -0.39 is 5.82 Å². The first-order valence-electron chi connectivity index (χ1n) is 4.35. The van der Waals surface area contributed by atoms with Crippen LogP contribution in [0, 0.1) is 12.7 Å². The summed E-state index contributed by atoms with van der Waals surface area (Å²) in [6.45, 7) is 1.84. The molecule has 15 heavy (non-hydrogen) atoms. The fourth-order valence-electron chi connectivity index (χ4n) is 1.43. The van der Waals surface area contributed by atoms with E-state index in [9.17, 15) is 4.39 Å². The van der Waals surface area contributed by atoms with Crippen molar-refractivity contribution in [2.24, 2.45) is 0 Å². The van der Waals surface area contributed by atoms with Crippen LogP contribution in [0.5, 0.6) is 0 Å². The van der Waals surface area contributed by atoms with Gasteiger partial charge in [0.2, 0.25) is 0 Å². The molecule has 3 N–H and O–H groups in total. The Bertz CT molecular complexity index is 507. The lowest BCUT2D eigenvalue weighted by Gasteiger charge is -2.03. The second-order valence-corrected chi connectivity index (χ2v) is 3.69. The number of nitrogens with zero attached hydrogens (tertiary/aromatic N) is 1. The average molecular weight is 226 g/mol. The predicted molar refractivity (Wildman–Crippen MR) is 58.1 cm³/mol. The maximum Gasteiger partial charge on any atom is 0.192 e. The highest BCUT2D eigenvalue weighted by atomic mass is 35.5. The summed E-state index contributed by atoms with van der Waals surface area (Å²) < 4.78 is 13.5. The second-order valence-electron chi connectivity index (χ2n) is 3.26. The summed E-state index contributed by atoms with van der Waals surface area (Å²) in [7, 11) is 0. The number of aromatic nitrogens is 2. The van der Waals surface area contributed by atoms with Crippen LogP contribution in [-0.4, -0.2) is 10.2 Å². The first-order chi connectivity index (χ1) is 7.09. The smallest absolute Gasteiger partial charge is 0.192 e. The molecule has 0 aliphatic rings. The van der Waals surface area contributed by atoms with Gasteiger partial charge in [-0.3, -0.25) is 5.10 Å². The third kappa shape index (κ3) is 1.68. The number of hydrogen-bond donors (Lipinski definition) is 2. The largest absolute Gasteiger partial charge is 0.380 e. The number of nitrogens with one attached hydrogen (secondary N) is 1. The standard InChI is InChI=1S/C10H9ClFN3/c1-5-4-6(11)2-3-7(5)9-8(12)10(13)15-14-9/h2-4H,1H3,(H3,13,14,15). The maximum absolute atomic E-state index is 13.5. The maximum atomic E-state index is 13.5. The van der Waals surface area contributed by atoms with Crippen LogP contribution in [0.15, 0.2) is 18.2 Å². The Kier molecular flexibility index (Phi) is 2.36. The molecule has 0 bridgehead atoms. The number of rotatable bonds is 1. The summed E-state index contributed by atoms with van der Waals surface area (Å²) in [5.41, 5.74) is 7.18. The molecular weight excluding hydrogens is 217 g/mol. The molecular formula is C10H9ClFN3. The Morgan fingerprint density at radius 1 is 1.47 bits per heavy atom. The van der Waals surface area contributed by atoms with Crippen molar-refractivity contribution in [1.29, 1.82) is 0 Å². The van der Waals surface area contributed by atoms with Gasteiger partial charge in [-0.2, -0.15) is 5.10 Å². The number of aromatic amines is 1. The fourth-order valence-corrected chi connectivity index (χ4v) is 1.66. The topological polar surface area (TPSA) is 54.7 Å². The summed E-state index contributed by atoms with van der Waals surface area (Å²) in [5.74, 6) is -0.653. The van der Waals surface area contributed by atoms with Crippen molar-refractivity contribution in [3.8, 4) is 11.3 Å². The van der Waals surface area contributed by atoms with Gasteiger partial charge in [0.1, 0.15) is 5.69 Å². The zero-order valence-corrected chi connectivity index (χ0v) is 8.77. The summed E-state index contributed by atoms with van der Waals surface area (Å²) >= 11 is 5.81. The Hall–Kier alpha value is -1.55. The van der Waals surface area contributed by atoms with Gasteiger partial charge in [-0.25, -0.2) is 4.39 Å². The quantitative estimate of drug-likeness (QED) is 0.784. The molecule has 2 aromatic rings. The van der Waals surface area contributed by atoms with E-state index in [0.717, 1.165) is 5.56 Å². The van der Waals surface area contributed by atoms with E-state index in [0.29, 0.717) is 16.3 Å². The third-order valence-corrected chi connectivity index (χ3v) is 2.43. The van der Waals surface area contributed by atoms with Crippen LogP contribution in [0.4, 0.5) is 10.2 Å². The van der Waals surface area contributed by atoms with E-state index >= 15 is 0 Å². The monoisotopic (exact) mass is 225 g/mol. The van der Waals surface area contributed by atoms with E-state index in [1.54, 1.807) is 18.2 Å². The first kappa shape index (κ1) is 9.98. The molecule has 3 nitrogen and oxygen atoms in total. The van der Waals surface area contributed by atoms with Crippen LogP contribution in [0.2, 0.25) is 5.02 Å². The molecule has 0 spiro atoms. The fraction of sp³-hybridized carbons (Fsp3) is 0.100. The molecule has 0 saturated carbocycles. The number of aryl methyl sites for hydroxylation is 1. The van der Waals surface area contributed by atoms with Gasteiger partial charge in [0.15, 0.2) is 11.6 Å². The number of anilines is 1. The average Bonchev–Trinajstić information content (AvgIpc) is 2.49. The van der Waals surface area contributed by atoms with Crippen molar-refractivity contribution in [2.45, 2.75) is 6.92 Å². The highest BCUT2D eigenvalue weighted by molar-refractivity contribution is 6.30. The molecule has 0 atom stereocenters. The molecule has 1 aromatic heterocycles. The molecule has 0 amide bonds. The lowest BCUT2D eigenvalue weighted by Crippen LogP contribution is -1.89. The molecule has 0 fully saturated rings. The van der Waals surface area contributed by atoms with Crippen molar-refractivity contribution >= 4 is 17.4 Å². The number of halogens is 2. The van der Waals surface area contributed by atoms with Gasteiger partial charge in [-0.1, -0.05) is 17.7 Å². The van der Waals surface area contributed by atoms with E-state index in [2.05, 4.69) is 10.2 Å². The molecule has 0 aliphatic heterocycles. The van der Waals surface area contributed by atoms with Gasteiger partial charge >= 0.3 is 0 Å². The van der Waals surface area contributed by atoms with Gasteiger partial charge in [0.25, 0.3) is 0 Å². The molecule has 78 valence electrons. The highest BCUT2D eigenvalue weighted by Gasteiger charge is 2.13. The van der Waals surface area contributed by atoms with Gasteiger partial charge < -0.3 is 5.73 Å². The first-order valence-corrected chi connectivity index (χ1v) is 4.73. The van der Waals surface area contributed by atoms with Gasteiger partial charge in [-0.05, 0) is 24.6 Å². The van der Waals surface area contributed by atoms with Crippen LogP contribution >= 0.6 is 11.6 Å². The number of H-pyrrole nitrogens is 1. The Balaban J connectivity index is 2.59. The van der Waals surface area contributed by atoms with Crippen LogP contribution in [-0.2, 0) is 0 Å². The molecule has 0 unspecified atom stereocenters. The molecule has 1 aromatic carbocycles. The van der Waals surface area contributed by atoms with Crippen LogP contribution < -0.4 is 5.73 Å². The Morgan fingerprint density at radius 2 is 2.20 bits per heavy atom. The van der Waals surface area contributed by atoms with Gasteiger partial charge in [0, 0.05) is 10.6 Å². The molecule has 0 saturated heterocycles. The molecule has 2 rings (SSSR count). The van der Waals surface area contributed by atoms with Crippen molar-refractivity contribution in [3.05, 3.63) is 34.6 Å². The number of nitrogens with two attached hydrogens (primary N) is 1.